The summed E-state index contributed by atoms with van der Waals surface area (Å²) >= 11 is 0. The van der Waals surface area contributed by atoms with Crippen LogP contribution in [0.15, 0.2) is 24.3 Å². The molecule has 0 saturated heterocycles. The molecular weight excluding hydrogens is 267 g/mol. The van der Waals surface area contributed by atoms with Gasteiger partial charge in [-0.3, -0.25) is 0 Å². The van der Waals surface area contributed by atoms with E-state index in [1.165, 1.54) is 12.1 Å². The van der Waals surface area contributed by atoms with Crippen LogP contribution >= 0.6 is 0 Å². The molecule has 0 aliphatic heterocycles. The van der Waals surface area contributed by atoms with E-state index in [0.717, 1.165) is 24.9 Å². The number of alkyl halides is 3. The summed E-state index contributed by atoms with van der Waals surface area (Å²) in [6.07, 6.45) is -2.78. The lowest BCUT2D eigenvalue weighted by molar-refractivity contribution is -0.274. The SMILES string of the molecule is CCCNC(Cc1ccc(OC(F)(F)F)cc1)C(C)C. The molecule has 1 aromatic carbocycles. The van der Waals surface area contributed by atoms with E-state index in [1.54, 1.807) is 12.1 Å². The highest BCUT2D eigenvalue weighted by atomic mass is 19.4. The van der Waals surface area contributed by atoms with Gasteiger partial charge >= 0.3 is 6.36 Å². The van der Waals surface area contributed by atoms with Gasteiger partial charge in [-0.2, -0.15) is 0 Å². The Labute approximate surface area is 118 Å². The first kappa shape index (κ1) is 16.8. The second-order valence-electron chi connectivity index (χ2n) is 5.20. The molecule has 0 aromatic heterocycles. The van der Waals surface area contributed by atoms with Crippen LogP contribution in [0, 0.1) is 5.92 Å². The second-order valence-corrected chi connectivity index (χ2v) is 5.20. The van der Waals surface area contributed by atoms with Crippen LogP contribution < -0.4 is 10.1 Å². The average Bonchev–Trinajstić information content (AvgIpc) is 2.34. The van der Waals surface area contributed by atoms with E-state index in [1.807, 2.05) is 0 Å². The Kier molecular flexibility index (Phi) is 6.33. The van der Waals surface area contributed by atoms with E-state index in [2.05, 4.69) is 30.8 Å². The maximum Gasteiger partial charge on any atom is 0.573 e. The number of halogens is 3. The third-order valence-corrected chi connectivity index (χ3v) is 3.07. The van der Waals surface area contributed by atoms with Gasteiger partial charge in [-0.15, -0.1) is 13.2 Å². The minimum absolute atomic E-state index is 0.177. The Morgan fingerprint density at radius 2 is 1.75 bits per heavy atom. The van der Waals surface area contributed by atoms with E-state index >= 15 is 0 Å². The van der Waals surface area contributed by atoms with Crippen molar-refractivity contribution in [3.63, 3.8) is 0 Å². The molecule has 0 spiro atoms. The number of rotatable bonds is 7. The van der Waals surface area contributed by atoms with E-state index in [9.17, 15) is 13.2 Å². The zero-order chi connectivity index (χ0) is 15.2. The van der Waals surface area contributed by atoms with Crippen LogP contribution in [0.5, 0.6) is 5.75 Å². The zero-order valence-corrected chi connectivity index (χ0v) is 12.1. The Morgan fingerprint density at radius 3 is 2.20 bits per heavy atom. The predicted octanol–water partition coefficient (Wildman–Crippen LogP) is 4.15. The van der Waals surface area contributed by atoms with Gasteiger partial charge in [-0.1, -0.05) is 32.9 Å². The predicted molar refractivity (Wildman–Crippen MR) is 73.7 cm³/mol. The van der Waals surface area contributed by atoms with Crippen molar-refractivity contribution in [1.82, 2.24) is 5.32 Å². The summed E-state index contributed by atoms with van der Waals surface area (Å²) in [5.41, 5.74) is 1.00. The van der Waals surface area contributed by atoms with Gasteiger partial charge in [0, 0.05) is 6.04 Å². The molecule has 0 heterocycles. The fourth-order valence-corrected chi connectivity index (χ4v) is 1.95. The van der Waals surface area contributed by atoms with Crippen LogP contribution in [0.4, 0.5) is 13.2 Å². The number of hydrogen-bond acceptors (Lipinski definition) is 2. The zero-order valence-electron chi connectivity index (χ0n) is 12.1. The fourth-order valence-electron chi connectivity index (χ4n) is 1.95. The Balaban J connectivity index is 2.63. The molecule has 0 amide bonds. The topological polar surface area (TPSA) is 21.3 Å². The van der Waals surface area contributed by atoms with Gasteiger partial charge in [0.2, 0.25) is 0 Å². The lowest BCUT2D eigenvalue weighted by Crippen LogP contribution is -2.36. The second kappa shape index (κ2) is 7.53. The first-order valence-electron chi connectivity index (χ1n) is 6.90. The smallest absolute Gasteiger partial charge is 0.406 e. The normalized spacial score (nSPS) is 13.6. The van der Waals surface area contributed by atoms with Crippen molar-refractivity contribution < 1.29 is 17.9 Å². The van der Waals surface area contributed by atoms with Crippen molar-refractivity contribution in [2.75, 3.05) is 6.54 Å². The van der Waals surface area contributed by atoms with Crippen LogP contribution in [-0.2, 0) is 6.42 Å². The molecule has 0 aliphatic rings. The van der Waals surface area contributed by atoms with Gasteiger partial charge < -0.3 is 10.1 Å². The summed E-state index contributed by atoms with van der Waals surface area (Å²) < 4.78 is 40.1. The fraction of sp³-hybridized carbons (Fsp3) is 0.600. The van der Waals surface area contributed by atoms with E-state index in [-0.39, 0.29) is 5.75 Å². The standard InChI is InChI=1S/C15H22F3NO/c1-4-9-19-14(11(2)3)10-12-5-7-13(8-6-12)20-15(16,17)18/h5-8,11,14,19H,4,9-10H2,1-3H3. The molecular formula is C15H22F3NO. The molecule has 114 valence electrons. The highest BCUT2D eigenvalue weighted by Crippen LogP contribution is 2.23. The summed E-state index contributed by atoms with van der Waals surface area (Å²) in [6, 6.07) is 6.41. The highest BCUT2D eigenvalue weighted by Gasteiger charge is 2.30. The lowest BCUT2D eigenvalue weighted by Gasteiger charge is -2.22. The van der Waals surface area contributed by atoms with Crippen molar-refractivity contribution in [3.8, 4) is 5.75 Å². The lowest BCUT2D eigenvalue weighted by atomic mass is 9.96. The first-order chi connectivity index (χ1) is 9.31. The molecule has 1 unspecified atom stereocenters. The summed E-state index contributed by atoms with van der Waals surface area (Å²) in [7, 11) is 0. The molecule has 0 bridgehead atoms. The monoisotopic (exact) mass is 289 g/mol. The Bertz CT molecular complexity index is 387. The first-order valence-corrected chi connectivity index (χ1v) is 6.90. The van der Waals surface area contributed by atoms with Gasteiger partial charge in [0.1, 0.15) is 5.75 Å². The van der Waals surface area contributed by atoms with E-state index in [4.69, 9.17) is 0 Å². The summed E-state index contributed by atoms with van der Waals surface area (Å²) in [6.45, 7) is 7.31. The van der Waals surface area contributed by atoms with Gasteiger partial charge in [0.15, 0.2) is 0 Å². The van der Waals surface area contributed by atoms with Crippen LogP contribution in [-0.4, -0.2) is 18.9 Å². The van der Waals surface area contributed by atoms with Gasteiger partial charge in [-0.05, 0) is 43.0 Å². The van der Waals surface area contributed by atoms with Gasteiger partial charge in [-0.25, -0.2) is 0 Å². The molecule has 2 nitrogen and oxygen atoms in total. The van der Waals surface area contributed by atoms with Crippen molar-refractivity contribution in [2.45, 2.75) is 46.0 Å². The van der Waals surface area contributed by atoms with Crippen LogP contribution in [0.25, 0.3) is 0 Å². The maximum atomic E-state index is 12.1. The summed E-state index contributed by atoms with van der Waals surface area (Å²) in [4.78, 5) is 0. The van der Waals surface area contributed by atoms with Crippen LogP contribution in [0.3, 0.4) is 0 Å². The number of nitrogens with one attached hydrogen (secondary N) is 1. The molecule has 0 aliphatic carbocycles. The molecule has 0 saturated carbocycles. The van der Waals surface area contributed by atoms with Gasteiger partial charge in [0.05, 0.1) is 0 Å². The van der Waals surface area contributed by atoms with E-state index in [0.29, 0.717) is 12.0 Å². The molecule has 20 heavy (non-hydrogen) atoms. The van der Waals surface area contributed by atoms with Crippen molar-refractivity contribution in [3.05, 3.63) is 29.8 Å². The molecule has 1 rings (SSSR count). The van der Waals surface area contributed by atoms with Gasteiger partial charge in [0.25, 0.3) is 0 Å². The Morgan fingerprint density at radius 1 is 1.15 bits per heavy atom. The minimum Gasteiger partial charge on any atom is -0.406 e. The molecule has 0 fully saturated rings. The molecule has 5 heteroatoms. The number of benzene rings is 1. The maximum absolute atomic E-state index is 12.1. The Hall–Kier alpha value is -1.23. The summed E-state index contributed by atoms with van der Waals surface area (Å²) in [5.74, 6) is 0.288. The van der Waals surface area contributed by atoms with E-state index < -0.39 is 6.36 Å². The number of hydrogen-bond donors (Lipinski definition) is 1. The number of ether oxygens (including phenoxy) is 1. The van der Waals surface area contributed by atoms with Crippen molar-refractivity contribution >= 4 is 0 Å². The summed E-state index contributed by atoms with van der Waals surface area (Å²) in [5, 5.41) is 3.46. The molecule has 1 aromatic rings. The highest BCUT2D eigenvalue weighted by molar-refractivity contribution is 5.28. The third kappa shape index (κ3) is 6.28. The van der Waals surface area contributed by atoms with Crippen LogP contribution in [0.2, 0.25) is 0 Å². The molecule has 1 N–H and O–H groups in total. The molecule has 1 atom stereocenters. The minimum atomic E-state index is -4.63. The third-order valence-electron chi connectivity index (χ3n) is 3.07. The quantitative estimate of drug-likeness (QED) is 0.814. The van der Waals surface area contributed by atoms with Crippen molar-refractivity contribution in [2.24, 2.45) is 5.92 Å². The van der Waals surface area contributed by atoms with Crippen molar-refractivity contribution in [1.29, 1.82) is 0 Å². The molecule has 0 radical (unpaired) electrons. The average molecular weight is 289 g/mol. The largest absolute Gasteiger partial charge is 0.573 e. The van der Waals surface area contributed by atoms with Crippen LogP contribution in [0.1, 0.15) is 32.8 Å².